The number of aliphatic hydroxyl groups excluding tert-OH is 1. The number of ether oxygens (including phenoxy) is 1. The Hall–Kier alpha value is -2.94. The molecule has 196 valence electrons. The Bertz CT molecular complexity index is 1160. The minimum Gasteiger partial charge on any atom is -0.436 e. The molecular weight excluding hydrogens is 494 g/mol. The average Bonchev–Trinajstić information content (AvgIpc) is 3.38. The van der Waals surface area contributed by atoms with Crippen molar-refractivity contribution < 1.29 is 24.2 Å². The van der Waals surface area contributed by atoms with Crippen LogP contribution in [0.5, 0.6) is 0 Å². The molecule has 2 aliphatic heterocycles. The molecule has 37 heavy (non-hydrogen) atoms. The number of hydrogen-bond donors (Lipinski definition) is 3. The maximum absolute atomic E-state index is 14.0. The molecule has 1 unspecified atom stereocenters. The van der Waals surface area contributed by atoms with Crippen LogP contribution in [0.3, 0.4) is 0 Å². The van der Waals surface area contributed by atoms with Crippen LogP contribution in [-0.4, -0.2) is 48.8 Å². The number of carbonyl (C=O) groups excluding carboxylic acids is 3. The van der Waals surface area contributed by atoms with Gasteiger partial charge in [-0.25, -0.2) is 9.69 Å². The lowest BCUT2D eigenvalue weighted by Crippen LogP contribution is -2.56. The number of imide groups is 1. The van der Waals surface area contributed by atoms with E-state index >= 15 is 0 Å². The van der Waals surface area contributed by atoms with Crippen molar-refractivity contribution >= 4 is 35.2 Å². The standard InChI is InChI=1S/C28H32ClN3O5/c29-21-10-11-24-22(15-21)28(12-13-30-17-28)37-27(36)32(24)26(35)23(14-18-4-2-1-3-5-18)31-25(34)20-8-6-19(16-33)7-9-20/h1-5,10-11,15,19-20,23,30,33H,6-9,12-14,16-17H2,(H,31,34)/t19?,20?,23-,28?/m0/s1. The fourth-order valence-corrected chi connectivity index (χ4v) is 5.90. The van der Waals surface area contributed by atoms with Gasteiger partial charge in [0.25, 0.3) is 5.91 Å². The second-order valence-corrected chi connectivity index (χ2v) is 10.7. The molecule has 2 aromatic rings. The number of benzene rings is 2. The Balaban J connectivity index is 1.44. The first-order valence-electron chi connectivity index (χ1n) is 12.9. The van der Waals surface area contributed by atoms with Gasteiger partial charge >= 0.3 is 6.09 Å². The summed E-state index contributed by atoms with van der Waals surface area (Å²) in [5.41, 5.74) is 1.11. The maximum atomic E-state index is 14.0. The molecule has 3 aliphatic rings. The van der Waals surface area contributed by atoms with Crippen LogP contribution in [0.15, 0.2) is 48.5 Å². The highest BCUT2D eigenvalue weighted by Crippen LogP contribution is 2.44. The predicted molar refractivity (Wildman–Crippen MR) is 139 cm³/mol. The Morgan fingerprint density at radius 3 is 2.59 bits per heavy atom. The van der Waals surface area contributed by atoms with Crippen LogP contribution in [0, 0.1) is 11.8 Å². The molecule has 2 heterocycles. The van der Waals surface area contributed by atoms with Gasteiger partial charge < -0.3 is 20.5 Å². The molecule has 2 fully saturated rings. The second-order valence-electron chi connectivity index (χ2n) is 10.3. The van der Waals surface area contributed by atoms with Gasteiger partial charge in [0.2, 0.25) is 5.91 Å². The van der Waals surface area contributed by atoms with E-state index in [2.05, 4.69) is 10.6 Å². The number of fused-ring (bicyclic) bond motifs is 2. The Morgan fingerprint density at radius 2 is 1.92 bits per heavy atom. The van der Waals surface area contributed by atoms with Crippen LogP contribution in [-0.2, 0) is 26.3 Å². The number of halogens is 1. The highest BCUT2D eigenvalue weighted by atomic mass is 35.5. The maximum Gasteiger partial charge on any atom is 0.422 e. The van der Waals surface area contributed by atoms with E-state index in [1.54, 1.807) is 18.2 Å². The Kier molecular flexibility index (Phi) is 7.51. The molecule has 2 aromatic carbocycles. The largest absolute Gasteiger partial charge is 0.436 e. The van der Waals surface area contributed by atoms with E-state index in [0.717, 1.165) is 23.3 Å². The molecule has 3 N–H and O–H groups in total. The van der Waals surface area contributed by atoms with Crippen molar-refractivity contribution in [2.75, 3.05) is 24.6 Å². The van der Waals surface area contributed by atoms with Crippen LogP contribution >= 0.6 is 11.6 Å². The van der Waals surface area contributed by atoms with Gasteiger partial charge in [0, 0.05) is 42.5 Å². The average molecular weight is 526 g/mol. The smallest absolute Gasteiger partial charge is 0.422 e. The van der Waals surface area contributed by atoms with Gasteiger partial charge in [-0.15, -0.1) is 0 Å². The second kappa shape index (κ2) is 10.8. The van der Waals surface area contributed by atoms with Crippen molar-refractivity contribution in [2.24, 2.45) is 11.8 Å². The molecule has 0 aromatic heterocycles. The predicted octanol–water partition coefficient (Wildman–Crippen LogP) is 3.54. The molecular formula is C28H32ClN3O5. The van der Waals surface area contributed by atoms with Gasteiger partial charge in [0.05, 0.1) is 5.69 Å². The zero-order chi connectivity index (χ0) is 26.0. The zero-order valence-corrected chi connectivity index (χ0v) is 21.4. The minimum absolute atomic E-state index is 0.126. The summed E-state index contributed by atoms with van der Waals surface area (Å²) >= 11 is 6.31. The van der Waals surface area contributed by atoms with E-state index in [1.807, 2.05) is 30.3 Å². The van der Waals surface area contributed by atoms with Crippen molar-refractivity contribution in [1.82, 2.24) is 10.6 Å². The lowest BCUT2D eigenvalue weighted by molar-refractivity contribution is -0.131. The first-order valence-corrected chi connectivity index (χ1v) is 13.3. The summed E-state index contributed by atoms with van der Waals surface area (Å²) in [6, 6.07) is 13.5. The van der Waals surface area contributed by atoms with Crippen LogP contribution in [0.4, 0.5) is 10.5 Å². The molecule has 1 aliphatic carbocycles. The Morgan fingerprint density at radius 1 is 1.16 bits per heavy atom. The molecule has 1 spiro atoms. The molecule has 1 saturated carbocycles. The van der Waals surface area contributed by atoms with E-state index in [1.165, 1.54) is 0 Å². The van der Waals surface area contributed by atoms with Crippen LogP contribution in [0.1, 0.15) is 43.2 Å². The third-order valence-corrected chi connectivity index (χ3v) is 8.10. The fourth-order valence-electron chi connectivity index (χ4n) is 5.73. The minimum atomic E-state index is -0.961. The number of aliphatic hydroxyl groups is 1. The highest BCUT2D eigenvalue weighted by molar-refractivity contribution is 6.31. The molecule has 0 radical (unpaired) electrons. The SMILES string of the molecule is O=C(N[C@@H](Cc1ccccc1)C(=O)N1C(=O)OC2(CCNC2)c2cc(Cl)ccc21)C1CCC(CO)CC1. The molecule has 9 heteroatoms. The van der Waals surface area contributed by atoms with Gasteiger partial charge in [-0.3, -0.25) is 9.59 Å². The fraction of sp³-hybridized carbons (Fsp3) is 0.464. The first kappa shape index (κ1) is 25.7. The lowest BCUT2D eigenvalue weighted by atomic mass is 9.82. The van der Waals surface area contributed by atoms with E-state index in [4.69, 9.17) is 16.3 Å². The van der Waals surface area contributed by atoms with Crippen LogP contribution in [0.2, 0.25) is 5.02 Å². The molecule has 2 atom stereocenters. The summed E-state index contributed by atoms with van der Waals surface area (Å²) in [5, 5.41) is 16.1. The monoisotopic (exact) mass is 525 g/mol. The molecule has 3 amide bonds. The van der Waals surface area contributed by atoms with Crippen LogP contribution < -0.4 is 15.5 Å². The highest BCUT2D eigenvalue weighted by Gasteiger charge is 2.49. The summed E-state index contributed by atoms with van der Waals surface area (Å²) in [7, 11) is 0. The summed E-state index contributed by atoms with van der Waals surface area (Å²) in [4.78, 5) is 41.7. The first-order chi connectivity index (χ1) is 17.9. The normalized spacial score (nSPS) is 25.9. The van der Waals surface area contributed by atoms with Gasteiger partial charge in [-0.05, 0) is 61.9 Å². The van der Waals surface area contributed by atoms with Crippen molar-refractivity contribution in [1.29, 1.82) is 0 Å². The van der Waals surface area contributed by atoms with Crippen molar-refractivity contribution in [3.05, 3.63) is 64.7 Å². The number of anilines is 1. The topological polar surface area (TPSA) is 108 Å². The van der Waals surface area contributed by atoms with Gasteiger partial charge in [-0.1, -0.05) is 41.9 Å². The lowest BCUT2D eigenvalue weighted by Gasteiger charge is -2.40. The van der Waals surface area contributed by atoms with Gasteiger partial charge in [0.1, 0.15) is 6.04 Å². The van der Waals surface area contributed by atoms with Gasteiger partial charge in [-0.2, -0.15) is 0 Å². The summed E-state index contributed by atoms with van der Waals surface area (Å²) < 4.78 is 5.90. The molecule has 0 bridgehead atoms. The van der Waals surface area contributed by atoms with E-state index in [0.29, 0.717) is 48.6 Å². The molecule has 5 rings (SSSR count). The summed E-state index contributed by atoms with van der Waals surface area (Å²) in [5.74, 6) is -0.768. The van der Waals surface area contributed by atoms with Crippen molar-refractivity contribution in [3.8, 4) is 0 Å². The van der Waals surface area contributed by atoms with E-state index in [9.17, 15) is 19.5 Å². The molecule has 8 nitrogen and oxygen atoms in total. The number of nitrogens with one attached hydrogen (secondary N) is 2. The van der Waals surface area contributed by atoms with Crippen LogP contribution in [0.25, 0.3) is 0 Å². The quantitative estimate of drug-likeness (QED) is 0.532. The number of carbonyl (C=O) groups is 3. The number of hydrogen-bond acceptors (Lipinski definition) is 6. The Labute approximate surface area is 221 Å². The summed E-state index contributed by atoms with van der Waals surface area (Å²) in [6.45, 7) is 1.24. The zero-order valence-electron chi connectivity index (χ0n) is 20.6. The van der Waals surface area contributed by atoms with E-state index < -0.39 is 23.6 Å². The third kappa shape index (κ3) is 5.23. The van der Waals surface area contributed by atoms with Gasteiger partial charge in [0.15, 0.2) is 5.60 Å². The number of nitrogens with zero attached hydrogens (tertiary/aromatic N) is 1. The number of rotatable bonds is 6. The number of amides is 3. The van der Waals surface area contributed by atoms with Crippen molar-refractivity contribution in [2.45, 2.75) is 50.2 Å². The summed E-state index contributed by atoms with van der Waals surface area (Å²) in [6.07, 6.45) is 2.92. The molecule has 1 saturated heterocycles. The van der Waals surface area contributed by atoms with Crippen molar-refractivity contribution in [3.63, 3.8) is 0 Å². The van der Waals surface area contributed by atoms with E-state index in [-0.39, 0.29) is 30.8 Å². The third-order valence-electron chi connectivity index (χ3n) is 7.87.